The van der Waals surface area contributed by atoms with Crippen molar-refractivity contribution >= 4 is 34.9 Å². The Morgan fingerprint density at radius 1 is 1.19 bits per heavy atom. The van der Waals surface area contributed by atoms with Gasteiger partial charge in [-0.15, -0.1) is 0 Å². The summed E-state index contributed by atoms with van der Waals surface area (Å²) in [7, 11) is 1.51. The van der Waals surface area contributed by atoms with Gasteiger partial charge in [-0.1, -0.05) is 54.1 Å². The lowest BCUT2D eigenvalue weighted by atomic mass is 10.1. The number of aryl methyl sites for hydroxylation is 1. The van der Waals surface area contributed by atoms with E-state index < -0.39 is 17.4 Å². The van der Waals surface area contributed by atoms with Crippen LogP contribution < -0.4 is 16.7 Å². The first-order valence-corrected chi connectivity index (χ1v) is 9.79. The first-order chi connectivity index (χ1) is 14.9. The number of fused-ring (bicyclic) bond motifs is 1. The molecule has 0 aliphatic heterocycles. The van der Waals surface area contributed by atoms with Crippen molar-refractivity contribution in [1.82, 2.24) is 19.1 Å². The van der Waals surface area contributed by atoms with Crippen LogP contribution in [-0.2, 0) is 13.6 Å². The van der Waals surface area contributed by atoms with Crippen molar-refractivity contribution in [2.75, 3.05) is 5.43 Å². The fraction of sp³-hybridized carbons (Fsp3) is 0.143. The van der Waals surface area contributed by atoms with Gasteiger partial charge in [0.25, 0.3) is 5.56 Å². The summed E-state index contributed by atoms with van der Waals surface area (Å²) in [4.78, 5) is 31.2. The molecule has 3 N–H and O–H groups in total. The molecule has 2 aromatic heterocycles. The summed E-state index contributed by atoms with van der Waals surface area (Å²) in [6.07, 6.45) is 0.660. The molecule has 0 unspecified atom stereocenters. The number of rotatable bonds is 6. The summed E-state index contributed by atoms with van der Waals surface area (Å²) in [5.41, 5.74) is 3.44. The molecule has 0 amide bonds. The molecule has 158 valence electrons. The largest absolute Gasteiger partial charge is 0.387 e. The minimum absolute atomic E-state index is 0.0284. The van der Waals surface area contributed by atoms with Crippen molar-refractivity contribution < 1.29 is 5.11 Å². The van der Waals surface area contributed by atoms with Crippen molar-refractivity contribution in [1.29, 1.82) is 0 Å². The molecule has 4 aromatic rings. The van der Waals surface area contributed by atoms with Gasteiger partial charge in [-0.2, -0.15) is 10.1 Å². The third kappa shape index (κ3) is 4.27. The molecule has 1 atom stereocenters. The van der Waals surface area contributed by atoms with Gasteiger partial charge in [-0.25, -0.2) is 10.2 Å². The van der Waals surface area contributed by atoms with Crippen LogP contribution in [0.2, 0.25) is 5.02 Å². The predicted molar refractivity (Wildman–Crippen MR) is 120 cm³/mol. The van der Waals surface area contributed by atoms with Crippen LogP contribution in [0.3, 0.4) is 0 Å². The van der Waals surface area contributed by atoms with E-state index in [1.165, 1.54) is 16.2 Å². The molecule has 0 saturated carbocycles. The topological polar surface area (TPSA) is 117 Å². The average molecular weight is 439 g/mol. The first-order valence-electron chi connectivity index (χ1n) is 9.41. The molecule has 0 spiro atoms. The maximum Gasteiger partial charge on any atom is 0.329 e. The van der Waals surface area contributed by atoms with Crippen molar-refractivity contribution in [3.63, 3.8) is 0 Å². The summed E-state index contributed by atoms with van der Waals surface area (Å²) in [5, 5.41) is 15.5. The van der Waals surface area contributed by atoms with Crippen LogP contribution in [0.5, 0.6) is 0 Å². The van der Waals surface area contributed by atoms with Crippen LogP contribution in [0, 0.1) is 0 Å². The lowest BCUT2D eigenvalue weighted by Crippen LogP contribution is -2.29. The number of nitrogens with zero attached hydrogens (tertiary/aromatic N) is 4. The second-order valence-corrected chi connectivity index (χ2v) is 7.32. The van der Waals surface area contributed by atoms with Gasteiger partial charge in [-0.05, 0) is 23.3 Å². The molecule has 31 heavy (non-hydrogen) atoms. The first kappa shape index (κ1) is 20.6. The molecule has 0 saturated heterocycles. The second-order valence-electron chi connectivity index (χ2n) is 6.88. The van der Waals surface area contributed by atoms with Crippen molar-refractivity contribution in [2.45, 2.75) is 12.6 Å². The molecule has 0 aliphatic rings. The minimum atomic E-state index is -0.906. The van der Waals surface area contributed by atoms with Crippen LogP contribution in [0.1, 0.15) is 17.2 Å². The highest BCUT2D eigenvalue weighted by atomic mass is 35.5. The Morgan fingerprint density at radius 3 is 2.61 bits per heavy atom. The van der Waals surface area contributed by atoms with E-state index in [1.807, 2.05) is 18.2 Å². The fourth-order valence-electron chi connectivity index (χ4n) is 3.16. The molecular formula is C21H19ClN6O3. The minimum Gasteiger partial charge on any atom is -0.387 e. The molecular weight excluding hydrogens is 420 g/mol. The van der Waals surface area contributed by atoms with E-state index in [2.05, 4.69) is 20.5 Å². The Kier molecular flexibility index (Phi) is 5.70. The molecule has 10 heteroatoms. The van der Waals surface area contributed by atoms with E-state index >= 15 is 0 Å². The van der Waals surface area contributed by atoms with Gasteiger partial charge in [-0.3, -0.25) is 18.9 Å². The standard InChI is InChI=1S/C21H19ClN6O3/c1-27-18-17(19(30)25-21(27)31)28(12-16(29)14-5-3-2-4-6-14)20(24-18)26-23-11-13-7-9-15(22)10-8-13/h2-11,16,29H,12H2,1H3,(H,24,26)(H,25,30,31)/b23-11-/t16-/m0/s1. The fourth-order valence-corrected chi connectivity index (χ4v) is 3.29. The summed E-state index contributed by atoms with van der Waals surface area (Å²) in [6.45, 7) is 0.0284. The highest BCUT2D eigenvalue weighted by Gasteiger charge is 2.20. The van der Waals surface area contributed by atoms with Crippen LogP contribution in [-0.4, -0.2) is 30.4 Å². The van der Waals surface area contributed by atoms with Crippen LogP contribution in [0.4, 0.5) is 5.95 Å². The predicted octanol–water partition coefficient (Wildman–Crippen LogP) is 2.26. The third-order valence-corrected chi connectivity index (χ3v) is 5.05. The van der Waals surface area contributed by atoms with Gasteiger partial charge < -0.3 is 5.11 Å². The van der Waals surface area contributed by atoms with Crippen LogP contribution in [0.25, 0.3) is 11.2 Å². The van der Waals surface area contributed by atoms with Crippen molar-refractivity contribution in [2.24, 2.45) is 12.1 Å². The Morgan fingerprint density at radius 2 is 1.90 bits per heavy atom. The van der Waals surface area contributed by atoms with Gasteiger partial charge in [0.05, 0.1) is 18.9 Å². The quantitative estimate of drug-likeness (QED) is 0.315. The second kappa shape index (κ2) is 8.58. The average Bonchev–Trinajstić information content (AvgIpc) is 3.13. The zero-order valence-corrected chi connectivity index (χ0v) is 17.2. The number of aromatic amines is 1. The number of hydrogen-bond acceptors (Lipinski definition) is 6. The smallest absolute Gasteiger partial charge is 0.329 e. The highest BCUT2D eigenvalue weighted by molar-refractivity contribution is 6.30. The number of benzene rings is 2. The third-order valence-electron chi connectivity index (χ3n) is 4.80. The van der Waals surface area contributed by atoms with E-state index in [0.717, 1.165) is 5.56 Å². The number of imidazole rings is 1. The van der Waals surface area contributed by atoms with Gasteiger partial charge in [0, 0.05) is 12.1 Å². The number of aliphatic hydroxyl groups excluding tert-OH is 1. The number of aliphatic hydroxyl groups is 1. The molecule has 0 fully saturated rings. The normalized spacial score (nSPS) is 12.5. The number of H-pyrrole nitrogens is 1. The van der Waals surface area contributed by atoms with Gasteiger partial charge >= 0.3 is 5.69 Å². The lowest BCUT2D eigenvalue weighted by molar-refractivity contribution is 0.158. The van der Waals surface area contributed by atoms with E-state index in [0.29, 0.717) is 10.6 Å². The maximum absolute atomic E-state index is 12.5. The lowest BCUT2D eigenvalue weighted by Gasteiger charge is -2.14. The molecule has 0 bridgehead atoms. The number of aromatic nitrogens is 4. The van der Waals surface area contributed by atoms with Crippen LogP contribution >= 0.6 is 11.6 Å². The Balaban J connectivity index is 1.74. The number of halogens is 1. The molecule has 4 rings (SSSR count). The highest BCUT2D eigenvalue weighted by Crippen LogP contribution is 2.21. The van der Waals surface area contributed by atoms with Gasteiger partial charge in [0.1, 0.15) is 0 Å². The molecule has 0 aliphatic carbocycles. The number of nitrogens with one attached hydrogen (secondary N) is 2. The number of anilines is 1. The van der Waals surface area contributed by atoms with Crippen molar-refractivity contribution in [3.8, 4) is 0 Å². The zero-order chi connectivity index (χ0) is 22.0. The van der Waals surface area contributed by atoms with Gasteiger partial charge in [0.15, 0.2) is 11.2 Å². The Labute approximate surface area is 181 Å². The van der Waals surface area contributed by atoms with E-state index in [4.69, 9.17) is 11.6 Å². The molecule has 0 radical (unpaired) electrons. The number of hydrogen-bond donors (Lipinski definition) is 3. The Bertz CT molecular complexity index is 1360. The van der Waals surface area contributed by atoms with E-state index in [-0.39, 0.29) is 23.7 Å². The molecule has 2 aromatic carbocycles. The number of hydrazone groups is 1. The summed E-state index contributed by atoms with van der Waals surface area (Å²) < 4.78 is 2.74. The summed E-state index contributed by atoms with van der Waals surface area (Å²) >= 11 is 5.89. The van der Waals surface area contributed by atoms with Crippen molar-refractivity contribution in [3.05, 3.63) is 91.6 Å². The van der Waals surface area contributed by atoms with E-state index in [9.17, 15) is 14.7 Å². The Hall–Kier alpha value is -3.69. The summed E-state index contributed by atoms with van der Waals surface area (Å²) in [5.74, 6) is 0.210. The zero-order valence-electron chi connectivity index (χ0n) is 16.5. The van der Waals surface area contributed by atoms with E-state index in [1.54, 1.807) is 42.6 Å². The molecule has 2 heterocycles. The van der Waals surface area contributed by atoms with Crippen LogP contribution in [0.15, 0.2) is 69.3 Å². The SMILES string of the molecule is Cn1c(=O)[nH]c(=O)c2c1nc(N/N=C\c1ccc(Cl)cc1)n2C[C@H](O)c1ccccc1. The monoisotopic (exact) mass is 438 g/mol. The van der Waals surface area contributed by atoms with Gasteiger partial charge in [0.2, 0.25) is 5.95 Å². The molecule has 9 nitrogen and oxygen atoms in total. The maximum atomic E-state index is 12.5. The summed E-state index contributed by atoms with van der Waals surface area (Å²) in [6, 6.07) is 16.1.